The summed E-state index contributed by atoms with van der Waals surface area (Å²) >= 11 is 0. The topological polar surface area (TPSA) is 130 Å². The van der Waals surface area contributed by atoms with E-state index < -0.39 is 34.0 Å². The number of aryl methyl sites for hydroxylation is 1. The van der Waals surface area contributed by atoms with Crippen molar-refractivity contribution in [1.29, 1.82) is 0 Å². The molecule has 32 heavy (non-hydrogen) atoms. The van der Waals surface area contributed by atoms with Gasteiger partial charge in [-0.05, 0) is 49.2 Å². The van der Waals surface area contributed by atoms with Crippen molar-refractivity contribution in [2.24, 2.45) is 5.73 Å². The molecule has 1 saturated heterocycles. The van der Waals surface area contributed by atoms with Crippen LogP contribution in [0.25, 0.3) is 0 Å². The Morgan fingerprint density at radius 2 is 1.78 bits per heavy atom. The first-order valence-electron chi connectivity index (χ1n) is 10.2. The molecule has 1 aliphatic rings. The van der Waals surface area contributed by atoms with Crippen LogP contribution in [0.4, 0.5) is 0 Å². The van der Waals surface area contributed by atoms with Gasteiger partial charge in [0.1, 0.15) is 18.4 Å². The Morgan fingerprint density at radius 3 is 2.38 bits per heavy atom. The second-order valence-electron chi connectivity index (χ2n) is 7.62. The van der Waals surface area contributed by atoms with E-state index in [2.05, 4.69) is 0 Å². The lowest BCUT2D eigenvalue weighted by atomic mass is 10.1. The van der Waals surface area contributed by atoms with Crippen molar-refractivity contribution < 1.29 is 27.9 Å². The highest BCUT2D eigenvalue weighted by atomic mass is 32.2. The van der Waals surface area contributed by atoms with Crippen molar-refractivity contribution >= 4 is 21.9 Å². The molecule has 2 unspecified atom stereocenters. The lowest BCUT2D eigenvalue weighted by Crippen LogP contribution is -2.64. The molecule has 0 bridgehead atoms. The van der Waals surface area contributed by atoms with E-state index in [1.165, 1.54) is 24.0 Å². The van der Waals surface area contributed by atoms with E-state index in [0.29, 0.717) is 12.4 Å². The van der Waals surface area contributed by atoms with Gasteiger partial charge in [-0.2, -0.15) is 4.31 Å². The number of carboxylic acid groups (broad SMARTS) is 1. The van der Waals surface area contributed by atoms with Gasteiger partial charge in [0, 0.05) is 13.1 Å². The van der Waals surface area contributed by atoms with E-state index in [9.17, 15) is 23.1 Å². The summed E-state index contributed by atoms with van der Waals surface area (Å²) < 4.78 is 33.1. The van der Waals surface area contributed by atoms with E-state index in [1.807, 2.05) is 31.2 Å². The Hall–Kier alpha value is -2.95. The number of carbonyl (C=O) groups is 2. The Balaban J connectivity index is 1.78. The molecule has 1 aliphatic heterocycles. The molecule has 1 amide bonds. The van der Waals surface area contributed by atoms with Crippen LogP contribution in [0.3, 0.4) is 0 Å². The summed E-state index contributed by atoms with van der Waals surface area (Å²) in [5, 5.41) is 9.71. The second-order valence-corrected chi connectivity index (χ2v) is 9.51. The number of amides is 1. The maximum absolute atomic E-state index is 13.2. The Morgan fingerprint density at radius 1 is 1.12 bits per heavy atom. The predicted octanol–water partition coefficient (Wildman–Crippen LogP) is 1.21. The maximum Gasteiger partial charge on any atom is 0.324 e. The van der Waals surface area contributed by atoms with Crippen molar-refractivity contribution in [3.8, 4) is 5.75 Å². The summed E-state index contributed by atoms with van der Waals surface area (Å²) in [5.41, 5.74) is 7.51. The minimum absolute atomic E-state index is 0.0437. The van der Waals surface area contributed by atoms with Crippen LogP contribution >= 0.6 is 0 Å². The van der Waals surface area contributed by atoms with Crippen LogP contribution in [0.1, 0.15) is 18.1 Å². The zero-order chi connectivity index (χ0) is 23.5. The summed E-state index contributed by atoms with van der Waals surface area (Å²) in [6.45, 7) is 3.49. The number of aliphatic carboxylic acids is 1. The highest BCUT2D eigenvalue weighted by molar-refractivity contribution is 7.89. The minimum atomic E-state index is -4.11. The maximum atomic E-state index is 13.2. The van der Waals surface area contributed by atoms with Gasteiger partial charge in [0.25, 0.3) is 0 Å². The fourth-order valence-electron chi connectivity index (χ4n) is 3.80. The summed E-state index contributed by atoms with van der Waals surface area (Å²) in [5.74, 6) is -1.25. The molecule has 0 radical (unpaired) electrons. The van der Waals surface area contributed by atoms with Crippen molar-refractivity contribution in [1.82, 2.24) is 9.21 Å². The molecule has 1 heterocycles. The van der Waals surface area contributed by atoms with Crippen molar-refractivity contribution in [3.05, 3.63) is 59.7 Å². The number of sulfonamides is 1. The van der Waals surface area contributed by atoms with Gasteiger partial charge in [-0.1, -0.05) is 24.3 Å². The zero-order valence-electron chi connectivity index (χ0n) is 18.0. The van der Waals surface area contributed by atoms with Crippen LogP contribution in [0.2, 0.25) is 0 Å². The molecule has 2 atom stereocenters. The summed E-state index contributed by atoms with van der Waals surface area (Å²) in [6, 6.07) is 11.4. The number of carboxylic acids is 1. The first kappa shape index (κ1) is 23.7. The summed E-state index contributed by atoms with van der Waals surface area (Å²) in [4.78, 5) is 25.2. The van der Waals surface area contributed by atoms with E-state index in [1.54, 1.807) is 12.1 Å². The normalized spacial score (nSPS) is 19.5. The number of hydrogen-bond donors (Lipinski definition) is 2. The van der Waals surface area contributed by atoms with E-state index in [0.717, 1.165) is 15.4 Å². The molecular weight excluding hydrogens is 434 g/mol. The Kier molecular flexibility index (Phi) is 7.17. The van der Waals surface area contributed by atoms with Crippen molar-refractivity contribution in [3.63, 3.8) is 0 Å². The monoisotopic (exact) mass is 461 g/mol. The lowest BCUT2D eigenvalue weighted by molar-refractivity contribution is -0.148. The Labute approximate surface area is 187 Å². The number of carbonyl (C=O) groups excluding carboxylic acids is 1. The lowest BCUT2D eigenvalue weighted by Gasteiger charge is -2.43. The van der Waals surface area contributed by atoms with Crippen molar-refractivity contribution in [2.45, 2.75) is 37.4 Å². The number of nitrogens with two attached hydrogens (primary N) is 1. The molecule has 3 rings (SSSR count). The number of rotatable bonds is 7. The van der Waals surface area contributed by atoms with Crippen LogP contribution in [0.15, 0.2) is 53.4 Å². The number of hydrogen-bond acceptors (Lipinski definition) is 6. The summed E-state index contributed by atoms with van der Waals surface area (Å²) in [6.07, 6.45) is 0. The fourth-order valence-corrected chi connectivity index (χ4v) is 5.44. The molecule has 9 nitrogen and oxygen atoms in total. The molecule has 0 aliphatic carbocycles. The van der Waals surface area contributed by atoms with Crippen LogP contribution in [-0.2, 0) is 26.2 Å². The van der Waals surface area contributed by atoms with Gasteiger partial charge in [-0.25, -0.2) is 8.42 Å². The number of benzene rings is 2. The van der Waals surface area contributed by atoms with E-state index in [-0.39, 0.29) is 24.5 Å². The predicted molar refractivity (Wildman–Crippen MR) is 117 cm³/mol. The quantitative estimate of drug-likeness (QED) is 0.634. The van der Waals surface area contributed by atoms with Crippen molar-refractivity contribution in [2.75, 3.05) is 19.6 Å². The van der Waals surface area contributed by atoms with Gasteiger partial charge in [0.15, 0.2) is 0 Å². The van der Waals surface area contributed by atoms with Gasteiger partial charge < -0.3 is 20.5 Å². The number of piperazine rings is 1. The highest BCUT2D eigenvalue weighted by Gasteiger charge is 2.45. The molecule has 2 aromatic rings. The summed E-state index contributed by atoms with van der Waals surface area (Å²) in [7, 11) is -4.11. The molecule has 0 spiro atoms. The van der Waals surface area contributed by atoms with E-state index in [4.69, 9.17) is 10.5 Å². The van der Waals surface area contributed by atoms with Crippen LogP contribution in [0, 0.1) is 6.92 Å². The first-order chi connectivity index (χ1) is 15.2. The largest absolute Gasteiger partial charge is 0.489 e. The van der Waals surface area contributed by atoms with Gasteiger partial charge in [0.05, 0.1) is 17.5 Å². The fraction of sp³-hybridized carbons (Fsp3) is 0.364. The van der Waals surface area contributed by atoms with Gasteiger partial charge in [-0.3, -0.25) is 9.59 Å². The number of nitrogens with zero attached hydrogens (tertiary/aromatic N) is 2. The standard InChI is InChI=1S/C22H27N3O6S/c1-15-5-3-4-6-17(15)14-31-18-7-9-19(10-8-18)32(29,30)25-12-11-24(20(26)13-23)16(2)21(25)22(27)28/h3-10,16,21H,11-14,23H2,1-2H3,(H,27,28). The molecule has 3 N–H and O–H groups in total. The second kappa shape index (κ2) is 9.68. The van der Waals surface area contributed by atoms with Crippen LogP contribution in [-0.4, -0.2) is 66.3 Å². The molecule has 2 aromatic carbocycles. The van der Waals surface area contributed by atoms with Crippen LogP contribution in [0.5, 0.6) is 5.75 Å². The van der Waals surface area contributed by atoms with Gasteiger partial charge in [0.2, 0.25) is 15.9 Å². The molecular formula is C22H27N3O6S. The minimum Gasteiger partial charge on any atom is -0.489 e. The average Bonchev–Trinajstić information content (AvgIpc) is 2.77. The third kappa shape index (κ3) is 4.77. The van der Waals surface area contributed by atoms with Gasteiger partial charge >= 0.3 is 5.97 Å². The molecule has 0 aromatic heterocycles. The molecule has 10 heteroatoms. The smallest absolute Gasteiger partial charge is 0.324 e. The Bertz CT molecular complexity index is 1090. The third-order valence-corrected chi connectivity index (χ3v) is 7.55. The van der Waals surface area contributed by atoms with E-state index >= 15 is 0 Å². The molecule has 0 saturated carbocycles. The first-order valence-corrected chi connectivity index (χ1v) is 11.6. The zero-order valence-corrected chi connectivity index (χ0v) is 18.8. The average molecular weight is 462 g/mol. The SMILES string of the molecule is Cc1ccccc1COc1ccc(S(=O)(=O)N2CCN(C(=O)CN)C(C)C2C(=O)O)cc1. The van der Waals surface area contributed by atoms with Gasteiger partial charge in [-0.15, -0.1) is 0 Å². The van der Waals surface area contributed by atoms with Crippen LogP contribution < -0.4 is 10.5 Å². The molecule has 172 valence electrons. The third-order valence-electron chi connectivity index (χ3n) is 5.65. The number of ether oxygens (including phenoxy) is 1. The highest BCUT2D eigenvalue weighted by Crippen LogP contribution is 2.27. The molecule has 1 fully saturated rings.